The van der Waals surface area contributed by atoms with Gasteiger partial charge in [-0.25, -0.2) is 0 Å². The third-order valence-electron chi connectivity index (χ3n) is 7.24. The van der Waals surface area contributed by atoms with Gasteiger partial charge in [0.15, 0.2) is 0 Å². The van der Waals surface area contributed by atoms with Gasteiger partial charge in [0.05, 0.1) is 16.7 Å². The van der Waals surface area contributed by atoms with E-state index < -0.39 is 11.1 Å². The fourth-order valence-corrected chi connectivity index (χ4v) is 5.26. The van der Waals surface area contributed by atoms with Crippen LogP contribution in [0, 0.1) is 11.3 Å². The minimum absolute atomic E-state index is 0.424. The van der Waals surface area contributed by atoms with Crippen molar-refractivity contribution in [2.45, 2.75) is 56.8 Å². The Balaban J connectivity index is 1.67. The number of ether oxygens (including phenoxy) is 1. The van der Waals surface area contributed by atoms with E-state index in [1.165, 1.54) is 6.42 Å². The molecule has 1 heterocycles. The number of benzene rings is 2. The Morgan fingerprint density at radius 3 is 2.48 bits per heavy atom. The highest BCUT2D eigenvalue weighted by Crippen LogP contribution is 2.47. The van der Waals surface area contributed by atoms with E-state index in [1.54, 1.807) is 0 Å². The number of hydrogen-bond acceptors (Lipinski definition) is 5. The number of rotatable bonds is 6. The van der Waals surface area contributed by atoms with Crippen LogP contribution in [-0.4, -0.2) is 41.8 Å². The highest BCUT2D eigenvalue weighted by Gasteiger charge is 2.52. The third kappa shape index (κ3) is 4.34. The van der Waals surface area contributed by atoms with E-state index in [9.17, 15) is 10.4 Å². The van der Waals surface area contributed by atoms with Crippen LogP contribution in [0.5, 0.6) is 5.75 Å². The van der Waals surface area contributed by atoms with Crippen LogP contribution in [-0.2, 0) is 12.1 Å². The summed E-state index contributed by atoms with van der Waals surface area (Å²) >= 11 is 0. The van der Waals surface area contributed by atoms with E-state index in [-0.39, 0.29) is 0 Å². The molecule has 0 amide bonds. The maximum absolute atomic E-state index is 11.9. The second kappa shape index (κ2) is 9.40. The van der Waals surface area contributed by atoms with Crippen LogP contribution in [0.25, 0.3) is 0 Å². The second-order valence-electron chi connectivity index (χ2n) is 9.00. The third-order valence-corrected chi connectivity index (χ3v) is 7.24. The van der Waals surface area contributed by atoms with Crippen molar-refractivity contribution < 1.29 is 9.84 Å². The highest BCUT2D eigenvalue weighted by atomic mass is 16.5. The molecule has 31 heavy (non-hydrogen) atoms. The molecular weight excluding hydrogens is 386 g/mol. The van der Waals surface area contributed by atoms with Gasteiger partial charge in [-0.2, -0.15) is 5.26 Å². The molecule has 2 N–H and O–H groups in total. The molecule has 5 nitrogen and oxygen atoms in total. The van der Waals surface area contributed by atoms with Gasteiger partial charge in [-0.15, -0.1) is 0 Å². The maximum atomic E-state index is 11.9. The lowest BCUT2D eigenvalue weighted by atomic mass is 9.67. The zero-order valence-electron chi connectivity index (χ0n) is 18.4. The Bertz CT molecular complexity index is 912. The van der Waals surface area contributed by atoms with Crippen LogP contribution >= 0.6 is 0 Å². The van der Waals surface area contributed by atoms with E-state index >= 15 is 0 Å². The number of hydrogen-bond donors (Lipinski definition) is 2. The molecule has 2 aromatic rings. The molecule has 0 aromatic heterocycles. The Morgan fingerprint density at radius 2 is 1.81 bits per heavy atom. The van der Waals surface area contributed by atoms with Crippen LogP contribution in [0.1, 0.15) is 55.7 Å². The Morgan fingerprint density at radius 1 is 1.10 bits per heavy atom. The lowest BCUT2D eigenvalue weighted by Gasteiger charge is -2.54. The molecule has 1 aliphatic heterocycles. The number of aliphatic hydroxyl groups is 1. The summed E-state index contributed by atoms with van der Waals surface area (Å²) < 4.78 is 5.99. The summed E-state index contributed by atoms with van der Waals surface area (Å²) in [7, 11) is 0. The average molecular weight is 420 g/mol. The standard InChI is InChI=1S/C26H33N3O2/c1-25(29-16-14-28-15-17-29,26(30)12-6-3-7-13-26)23-10-11-24(22(18-23)19-27)31-20-21-8-4-2-5-9-21/h2,4-5,8-11,18,28,30H,3,6-7,12-17,20H2,1H3. The first-order chi connectivity index (χ1) is 15.1. The summed E-state index contributed by atoms with van der Waals surface area (Å²) in [6, 6.07) is 18.2. The molecule has 164 valence electrons. The Hall–Kier alpha value is -2.39. The normalized spacial score (nSPS) is 21.1. The number of piperazine rings is 1. The van der Waals surface area contributed by atoms with Crippen LogP contribution < -0.4 is 10.1 Å². The van der Waals surface area contributed by atoms with Gasteiger partial charge in [0.2, 0.25) is 0 Å². The first kappa shape index (κ1) is 21.8. The largest absolute Gasteiger partial charge is 0.488 e. The molecular formula is C26H33N3O2. The van der Waals surface area contributed by atoms with Crippen LogP contribution in [0.2, 0.25) is 0 Å². The van der Waals surface area contributed by atoms with E-state index in [0.717, 1.165) is 63.0 Å². The van der Waals surface area contributed by atoms with Crippen LogP contribution in [0.3, 0.4) is 0 Å². The molecule has 0 bridgehead atoms. The SMILES string of the molecule is CC(c1ccc(OCc2ccccc2)c(C#N)c1)(N1CCNCC1)C1(O)CCCCC1. The average Bonchev–Trinajstić information content (AvgIpc) is 2.83. The molecule has 2 aliphatic rings. The lowest BCUT2D eigenvalue weighted by Crippen LogP contribution is -2.64. The van der Waals surface area contributed by atoms with Crippen molar-refractivity contribution in [3.63, 3.8) is 0 Å². The van der Waals surface area contributed by atoms with E-state index in [0.29, 0.717) is 17.9 Å². The maximum Gasteiger partial charge on any atom is 0.137 e. The summed E-state index contributed by atoms with van der Waals surface area (Å²) in [5.41, 5.74) is 1.25. The van der Waals surface area contributed by atoms with E-state index in [4.69, 9.17) is 4.74 Å². The van der Waals surface area contributed by atoms with Gasteiger partial charge in [-0.1, -0.05) is 55.7 Å². The molecule has 1 atom stereocenters. The minimum atomic E-state index is -0.804. The molecule has 2 fully saturated rings. The number of nitrogens with zero attached hydrogens (tertiary/aromatic N) is 2. The molecule has 1 saturated heterocycles. The zero-order chi connectivity index (χ0) is 21.7. The van der Waals surface area contributed by atoms with E-state index in [1.807, 2.05) is 42.5 Å². The van der Waals surface area contributed by atoms with Crippen molar-refractivity contribution >= 4 is 0 Å². The molecule has 1 unspecified atom stereocenters. The molecule has 0 spiro atoms. The van der Waals surface area contributed by atoms with Gasteiger partial charge in [0.25, 0.3) is 0 Å². The molecule has 1 aliphatic carbocycles. The van der Waals surface area contributed by atoms with Gasteiger partial charge in [0.1, 0.15) is 18.4 Å². The second-order valence-corrected chi connectivity index (χ2v) is 9.00. The lowest BCUT2D eigenvalue weighted by molar-refractivity contribution is -0.134. The predicted octanol–water partition coefficient (Wildman–Crippen LogP) is 3.95. The Kier molecular flexibility index (Phi) is 6.62. The van der Waals surface area contributed by atoms with Crippen LogP contribution in [0.15, 0.2) is 48.5 Å². The molecule has 1 saturated carbocycles. The summed E-state index contributed by atoms with van der Waals surface area (Å²) in [5, 5.41) is 25.2. The van der Waals surface area contributed by atoms with Crippen molar-refractivity contribution in [1.82, 2.24) is 10.2 Å². The van der Waals surface area contributed by atoms with Crippen molar-refractivity contribution in [2.24, 2.45) is 0 Å². The van der Waals surface area contributed by atoms with Crippen molar-refractivity contribution in [1.29, 1.82) is 5.26 Å². The summed E-state index contributed by atoms with van der Waals surface area (Å²) in [6.45, 7) is 6.18. The fourth-order valence-electron chi connectivity index (χ4n) is 5.26. The number of nitrogens with one attached hydrogen (secondary N) is 1. The first-order valence-corrected chi connectivity index (χ1v) is 11.5. The predicted molar refractivity (Wildman–Crippen MR) is 122 cm³/mol. The zero-order valence-corrected chi connectivity index (χ0v) is 18.4. The fraction of sp³-hybridized carbons (Fsp3) is 0.500. The van der Waals surface area contributed by atoms with Crippen LogP contribution in [0.4, 0.5) is 0 Å². The highest BCUT2D eigenvalue weighted by molar-refractivity contribution is 5.48. The van der Waals surface area contributed by atoms with Crippen molar-refractivity contribution in [3.8, 4) is 11.8 Å². The number of nitriles is 1. The monoisotopic (exact) mass is 419 g/mol. The molecule has 2 aromatic carbocycles. The van der Waals surface area contributed by atoms with Gasteiger partial charge >= 0.3 is 0 Å². The van der Waals surface area contributed by atoms with Gasteiger partial charge in [-0.05, 0) is 43.0 Å². The quantitative estimate of drug-likeness (QED) is 0.742. The summed E-state index contributed by atoms with van der Waals surface area (Å²) in [6.07, 6.45) is 4.85. The van der Waals surface area contributed by atoms with Gasteiger partial charge < -0.3 is 15.2 Å². The minimum Gasteiger partial charge on any atom is -0.488 e. The first-order valence-electron chi connectivity index (χ1n) is 11.5. The Labute approximate surface area is 185 Å². The van der Waals surface area contributed by atoms with Gasteiger partial charge in [-0.3, -0.25) is 4.90 Å². The molecule has 5 heteroatoms. The topological polar surface area (TPSA) is 68.5 Å². The van der Waals surface area contributed by atoms with E-state index in [2.05, 4.69) is 29.3 Å². The molecule has 0 radical (unpaired) electrons. The molecule has 4 rings (SSSR count). The summed E-state index contributed by atoms with van der Waals surface area (Å²) in [5.74, 6) is 0.591. The van der Waals surface area contributed by atoms with Crippen molar-refractivity contribution in [2.75, 3.05) is 26.2 Å². The van der Waals surface area contributed by atoms with Gasteiger partial charge in [0, 0.05) is 26.2 Å². The smallest absolute Gasteiger partial charge is 0.137 e. The summed E-state index contributed by atoms with van der Waals surface area (Å²) in [4.78, 5) is 2.41. The van der Waals surface area contributed by atoms with Crippen molar-refractivity contribution in [3.05, 3.63) is 65.2 Å².